The Kier molecular flexibility index (Phi) is 11.9. The highest BCUT2D eigenvalue weighted by Gasteiger charge is 2.36. The molecule has 1 saturated heterocycles. The van der Waals surface area contributed by atoms with Crippen molar-refractivity contribution in [3.8, 4) is 0 Å². The summed E-state index contributed by atoms with van der Waals surface area (Å²) >= 11 is 0. The van der Waals surface area contributed by atoms with Gasteiger partial charge in [-0.1, -0.05) is 56.3 Å². The molecule has 0 bridgehead atoms. The van der Waals surface area contributed by atoms with Crippen molar-refractivity contribution in [2.45, 2.75) is 70.5 Å². The second kappa shape index (κ2) is 14.9. The van der Waals surface area contributed by atoms with E-state index >= 15 is 0 Å². The molecule has 0 spiro atoms. The summed E-state index contributed by atoms with van der Waals surface area (Å²) in [6, 6.07) is 7.52. The number of hydrogen-bond acceptors (Lipinski definition) is 4. The molecule has 0 saturated carbocycles. The minimum atomic E-state index is -0.684. The number of allylic oxidation sites excluding steroid dienone is 1. The van der Waals surface area contributed by atoms with Gasteiger partial charge in [-0.15, -0.1) is 13.2 Å². The Labute approximate surface area is 214 Å². The van der Waals surface area contributed by atoms with Crippen LogP contribution >= 0.6 is 0 Å². The third-order valence-electron chi connectivity index (χ3n) is 6.13. The van der Waals surface area contributed by atoms with E-state index in [-0.39, 0.29) is 36.0 Å². The van der Waals surface area contributed by atoms with Crippen LogP contribution in [-0.4, -0.2) is 53.7 Å². The molecule has 0 unspecified atom stereocenters. The zero-order valence-electron chi connectivity index (χ0n) is 21.5. The van der Waals surface area contributed by atoms with Crippen molar-refractivity contribution < 1.29 is 19.2 Å². The third-order valence-corrected chi connectivity index (χ3v) is 6.13. The highest BCUT2D eigenvalue weighted by atomic mass is 16.2. The highest BCUT2D eigenvalue weighted by Crippen LogP contribution is 2.24. The summed E-state index contributed by atoms with van der Waals surface area (Å²) in [5.74, 6) is -0.760. The zero-order chi connectivity index (χ0) is 26.5. The Hall–Kier alpha value is -3.42. The molecule has 0 radical (unpaired) electrons. The van der Waals surface area contributed by atoms with E-state index in [4.69, 9.17) is 0 Å². The monoisotopic (exact) mass is 496 g/mol. The van der Waals surface area contributed by atoms with Crippen molar-refractivity contribution in [3.63, 3.8) is 0 Å². The maximum absolute atomic E-state index is 13.4. The molecule has 0 aromatic heterocycles. The Morgan fingerprint density at radius 3 is 2.44 bits per heavy atom. The molecule has 1 heterocycles. The molecule has 8 nitrogen and oxygen atoms in total. The fourth-order valence-corrected chi connectivity index (χ4v) is 4.33. The lowest BCUT2D eigenvalue weighted by Crippen LogP contribution is -2.53. The van der Waals surface area contributed by atoms with Crippen LogP contribution in [0, 0.1) is 5.92 Å². The van der Waals surface area contributed by atoms with Gasteiger partial charge < -0.3 is 20.9 Å². The topological polar surface area (TPSA) is 108 Å². The maximum Gasteiger partial charge on any atom is 0.243 e. The molecule has 36 heavy (non-hydrogen) atoms. The van der Waals surface area contributed by atoms with Gasteiger partial charge in [-0.3, -0.25) is 19.2 Å². The first kappa shape index (κ1) is 28.8. The normalized spacial score (nSPS) is 16.6. The molecule has 1 aromatic carbocycles. The third kappa shape index (κ3) is 8.98. The molecular weight excluding hydrogens is 456 g/mol. The van der Waals surface area contributed by atoms with Crippen LogP contribution in [0.4, 0.5) is 0 Å². The molecule has 1 fully saturated rings. The number of amides is 4. The molecule has 3 atom stereocenters. The summed E-state index contributed by atoms with van der Waals surface area (Å²) in [5.41, 5.74) is 0.828. The predicted molar refractivity (Wildman–Crippen MR) is 141 cm³/mol. The van der Waals surface area contributed by atoms with Gasteiger partial charge >= 0.3 is 0 Å². The van der Waals surface area contributed by atoms with E-state index in [1.807, 2.05) is 44.2 Å². The number of likely N-dealkylation sites (tertiary alicyclic amines) is 1. The van der Waals surface area contributed by atoms with Crippen molar-refractivity contribution in [3.05, 3.63) is 61.2 Å². The van der Waals surface area contributed by atoms with E-state index in [9.17, 15) is 19.2 Å². The second-order valence-corrected chi connectivity index (χ2v) is 9.53. The van der Waals surface area contributed by atoms with Gasteiger partial charge in [-0.2, -0.15) is 0 Å². The lowest BCUT2D eigenvalue weighted by molar-refractivity contribution is -0.140. The van der Waals surface area contributed by atoms with Crippen molar-refractivity contribution in [2.24, 2.45) is 5.92 Å². The average Bonchev–Trinajstić information content (AvgIpc) is 3.36. The SMILES string of the molecule is C=CCCC(=O)N[C@@H](CC(=O)N1CCC[C@H]1C(=O)N[C@@H](CC(C)C)C(=O)NCC=C)c1ccccc1. The standard InChI is InChI=1S/C28H40N4O4/c1-5-7-15-25(33)30-22(21-12-9-8-10-13-21)19-26(34)32-17-11-14-24(32)28(36)31-23(18-20(3)4)27(35)29-16-6-2/h5-6,8-10,12-13,20,22-24H,1-2,7,11,14-19H2,3-4H3,(H,29,35)(H,30,33)(H,31,36)/t22-,23-,24-/m0/s1. The van der Waals surface area contributed by atoms with Crippen molar-refractivity contribution in [1.29, 1.82) is 0 Å². The number of benzene rings is 1. The van der Waals surface area contributed by atoms with Gasteiger partial charge in [0.25, 0.3) is 0 Å². The number of carbonyl (C=O) groups excluding carboxylic acids is 4. The predicted octanol–water partition coefficient (Wildman–Crippen LogP) is 3.02. The summed E-state index contributed by atoms with van der Waals surface area (Å²) in [7, 11) is 0. The summed E-state index contributed by atoms with van der Waals surface area (Å²) in [4.78, 5) is 53.1. The number of carbonyl (C=O) groups is 4. The van der Waals surface area contributed by atoms with Gasteiger partial charge in [0.15, 0.2) is 0 Å². The first-order chi connectivity index (χ1) is 17.3. The second-order valence-electron chi connectivity index (χ2n) is 9.53. The van der Waals surface area contributed by atoms with Gasteiger partial charge in [0.1, 0.15) is 12.1 Å². The van der Waals surface area contributed by atoms with Crippen LogP contribution in [-0.2, 0) is 19.2 Å². The lowest BCUT2D eigenvalue weighted by atomic mass is 10.0. The average molecular weight is 497 g/mol. The Balaban J connectivity index is 2.11. The zero-order valence-corrected chi connectivity index (χ0v) is 21.5. The van der Waals surface area contributed by atoms with Crippen molar-refractivity contribution in [1.82, 2.24) is 20.9 Å². The van der Waals surface area contributed by atoms with E-state index in [1.54, 1.807) is 17.1 Å². The van der Waals surface area contributed by atoms with Crippen LogP contribution < -0.4 is 16.0 Å². The van der Waals surface area contributed by atoms with Gasteiger partial charge in [-0.25, -0.2) is 0 Å². The summed E-state index contributed by atoms with van der Waals surface area (Å²) in [6.07, 6.45) is 5.87. The van der Waals surface area contributed by atoms with Crippen LogP contribution in [0.1, 0.15) is 64.0 Å². The van der Waals surface area contributed by atoms with Gasteiger partial charge in [-0.05, 0) is 37.2 Å². The molecule has 1 aliphatic heterocycles. The van der Waals surface area contributed by atoms with E-state index < -0.39 is 18.1 Å². The highest BCUT2D eigenvalue weighted by molar-refractivity contribution is 5.92. The van der Waals surface area contributed by atoms with Gasteiger partial charge in [0.2, 0.25) is 23.6 Å². The van der Waals surface area contributed by atoms with Gasteiger partial charge in [0.05, 0.1) is 12.5 Å². The molecule has 1 aromatic rings. The Morgan fingerprint density at radius 2 is 1.81 bits per heavy atom. The van der Waals surface area contributed by atoms with E-state index in [0.717, 1.165) is 5.56 Å². The number of nitrogens with zero attached hydrogens (tertiary/aromatic N) is 1. The minimum Gasteiger partial charge on any atom is -0.351 e. The first-order valence-electron chi connectivity index (χ1n) is 12.7. The summed E-state index contributed by atoms with van der Waals surface area (Å²) < 4.78 is 0. The molecule has 0 aliphatic carbocycles. The first-order valence-corrected chi connectivity index (χ1v) is 12.7. The summed E-state index contributed by atoms with van der Waals surface area (Å²) in [6.45, 7) is 12.0. The van der Waals surface area contributed by atoms with Crippen LogP contribution in [0.25, 0.3) is 0 Å². The van der Waals surface area contributed by atoms with Crippen molar-refractivity contribution >= 4 is 23.6 Å². The smallest absolute Gasteiger partial charge is 0.243 e. The summed E-state index contributed by atoms with van der Waals surface area (Å²) in [5, 5.41) is 8.57. The molecule has 2 rings (SSSR count). The molecule has 8 heteroatoms. The van der Waals surface area contributed by atoms with Crippen LogP contribution in [0.5, 0.6) is 0 Å². The number of hydrogen-bond donors (Lipinski definition) is 3. The lowest BCUT2D eigenvalue weighted by Gasteiger charge is -2.28. The molecular formula is C28H40N4O4. The van der Waals surface area contributed by atoms with Crippen LogP contribution in [0.2, 0.25) is 0 Å². The maximum atomic E-state index is 13.4. The minimum absolute atomic E-state index is 0.0445. The fourth-order valence-electron chi connectivity index (χ4n) is 4.33. The molecule has 196 valence electrons. The van der Waals surface area contributed by atoms with E-state index in [1.165, 1.54) is 0 Å². The largest absolute Gasteiger partial charge is 0.351 e. The van der Waals surface area contributed by atoms with Crippen LogP contribution in [0.3, 0.4) is 0 Å². The van der Waals surface area contributed by atoms with Gasteiger partial charge in [0, 0.05) is 19.5 Å². The number of nitrogens with one attached hydrogen (secondary N) is 3. The molecule has 1 aliphatic rings. The fraction of sp³-hybridized carbons (Fsp3) is 0.500. The molecule has 3 N–H and O–H groups in total. The van der Waals surface area contributed by atoms with E-state index in [0.29, 0.717) is 45.2 Å². The van der Waals surface area contributed by atoms with E-state index in [2.05, 4.69) is 29.1 Å². The quantitative estimate of drug-likeness (QED) is 0.344. The Bertz CT molecular complexity index is 915. The van der Waals surface area contributed by atoms with Crippen LogP contribution in [0.15, 0.2) is 55.6 Å². The number of rotatable bonds is 14. The Morgan fingerprint density at radius 1 is 1.08 bits per heavy atom. The van der Waals surface area contributed by atoms with Crippen molar-refractivity contribution in [2.75, 3.05) is 13.1 Å². The molecule has 4 amide bonds.